The van der Waals surface area contributed by atoms with Crippen molar-refractivity contribution in [3.05, 3.63) is 66.6 Å². The van der Waals surface area contributed by atoms with Gasteiger partial charge < -0.3 is 15.0 Å². The fourth-order valence-electron chi connectivity index (χ4n) is 3.09. The summed E-state index contributed by atoms with van der Waals surface area (Å²) in [6, 6.07) is 15.2. The van der Waals surface area contributed by atoms with E-state index in [2.05, 4.69) is 10.3 Å². The van der Waals surface area contributed by atoms with Gasteiger partial charge >= 0.3 is 0 Å². The van der Waals surface area contributed by atoms with Crippen LogP contribution < -0.4 is 10.1 Å². The zero-order valence-corrected chi connectivity index (χ0v) is 15.0. The van der Waals surface area contributed by atoms with E-state index in [0.717, 1.165) is 10.9 Å². The molecule has 1 saturated heterocycles. The number of carbonyl (C=O) groups excluding carboxylic acids is 2. The summed E-state index contributed by atoms with van der Waals surface area (Å²) in [6.45, 7) is 0.368. The van der Waals surface area contributed by atoms with Crippen LogP contribution >= 0.6 is 0 Å². The molecule has 1 aromatic heterocycles. The highest BCUT2D eigenvalue weighted by Gasteiger charge is 2.36. The molecule has 6 nitrogen and oxygen atoms in total. The Bertz CT molecular complexity index is 1030. The van der Waals surface area contributed by atoms with E-state index < -0.39 is 5.82 Å². The third kappa shape index (κ3) is 3.64. The smallest absolute Gasteiger partial charge is 0.260 e. The minimum atomic E-state index is -0.513. The molecule has 142 valence electrons. The van der Waals surface area contributed by atoms with Gasteiger partial charge in [-0.25, -0.2) is 4.39 Å². The molecular formula is C21H18FN3O3. The van der Waals surface area contributed by atoms with E-state index in [0.29, 0.717) is 18.8 Å². The second-order valence-corrected chi connectivity index (χ2v) is 6.58. The normalized spacial score (nSPS) is 13.8. The second kappa shape index (κ2) is 7.64. The van der Waals surface area contributed by atoms with Crippen molar-refractivity contribution in [3.8, 4) is 5.75 Å². The summed E-state index contributed by atoms with van der Waals surface area (Å²) < 4.78 is 18.7. The van der Waals surface area contributed by atoms with Crippen LogP contribution in [0.5, 0.6) is 5.75 Å². The molecule has 1 aliphatic rings. The van der Waals surface area contributed by atoms with Crippen molar-refractivity contribution >= 4 is 28.4 Å². The number of hydrogen-bond donors (Lipinski definition) is 1. The van der Waals surface area contributed by atoms with Gasteiger partial charge in [0.1, 0.15) is 0 Å². The van der Waals surface area contributed by atoms with Crippen LogP contribution in [0.1, 0.15) is 0 Å². The maximum Gasteiger partial charge on any atom is 0.260 e. The topological polar surface area (TPSA) is 71.5 Å². The molecule has 4 rings (SSSR count). The number of halogens is 1. The largest absolute Gasteiger partial charge is 0.481 e. The van der Waals surface area contributed by atoms with Gasteiger partial charge in [-0.1, -0.05) is 18.2 Å². The SMILES string of the molecule is O=C(Nc1cccc2ncccc12)C1CN(C(=O)COc2ccccc2F)C1. The van der Waals surface area contributed by atoms with Crippen LogP contribution in [0.15, 0.2) is 60.8 Å². The minimum Gasteiger partial charge on any atom is -0.481 e. The summed E-state index contributed by atoms with van der Waals surface area (Å²) in [6.07, 6.45) is 1.70. The highest BCUT2D eigenvalue weighted by molar-refractivity contribution is 6.02. The first-order valence-corrected chi connectivity index (χ1v) is 8.91. The predicted octanol–water partition coefficient (Wildman–Crippen LogP) is 2.85. The molecule has 7 heteroatoms. The number of amides is 2. The Labute approximate surface area is 160 Å². The highest BCUT2D eigenvalue weighted by atomic mass is 19.1. The lowest BCUT2D eigenvalue weighted by atomic mass is 9.98. The van der Waals surface area contributed by atoms with Crippen LogP contribution in [0.2, 0.25) is 0 Å². The summed E-state index contributed by atoms with van der Waals surface area (Å²) in [5, 5.41) is 3.78. The summed E-state index contributed by atoms with van der Waals surface area (Å²) in [4.78, 5) is 30.4. The first-order valence-electron chi connectivity index (χ1n) is 8.91. The minimum absolute atomic E-state index is 0.0373. The van der Waals surface area contributed by atoms with Crippen molar-refractivity contribution in [1.29, 1.82) is 0 Å². The van der Waals surface area contributed by atoms with Crippen molar-refractivity contribution in [1.82, 2.24) is 9.88 Å². The number of nitrogens with zero attached hydrogens (tertiary/aromatic N) is 2. The van der Waals surface area contributed by atoms with Gasteiger partial charge in [0.15, 0.2) is 18.2 Å². The maximum atomic E-state index is 13.5. The molecule has 2 aromatic carbocycles. The summed E-state index contributed by atoms with van der Waals surface area (Å²) in [7, 11) is 0. The lowest BCUT2D eigenvalue weighted by Gasteiger charge is -2.38. The van der Waals surface area contributed by atoms with Crippen molar-refractivity contribution < 1.29 is 18.7 Å². The second-order valence-electron chi connectivity index (χ2n) is 6.58. The van der Waals surface area contributed by atoms with Crippen LogP contribution in [-0.4, -0.2) is 41.4 Å². The fraction of sp³-hybridized carbons (Fsp3) is 0.190. The molecule has 2 heterocycles. The fourth-order valence-corrected chi connectivity index (χ4v) is 3.09. The Morgan fingerprint density at radius 1 is 1.11 bits per heavy atom. The van der Waals surface area contributed by atoms with Gasteiger partial charge in [0.05, 0.1) is 17.1 Å². The van der Waals surface area contributed by atoms with E-state index in [1.807, 2.05) is 30.3 Å². The third-order valence-electron chi connectivity index (χ3n) is 4.70. The number of nitrogens with one attached hydrogen (secondary N) is 1. The van der Waals surface area contributed by atoms with Crippen LogP contribution in [-0.2, 0) is 9.59 Å². The number of benzene rings is 2. The van der Waals surface area contributed by atoms with Gasteiger partial charge in [-0.15, -0.1) is 0 Å². The number of likely N-dealkylation sites (tertiary alicyclic amines) is 1. The third-order valence-corrected chi connectivity index (χ3v) is 4.70. The molecule has 28 heavy (non-hydrogen) atoms. The molecule has 1 aliphatic heterocycles. The molecule has 0 aliphatic carbocycles. The van der Waals surface area contributed by atoms with E-state index in [1.54, 1.807) is 18.3 Å². The summed E-state index contributed by atoms with van der Waals surface area (Å²) in [5.41, 5.74) is 1.50. The monoisotopic (exact) mass is 379 g/mol. The number of pyridine rings is 1. The standard InChI is InChI=1S/C21H18FN3O3/c22-16-6-1-2-9-19(16)28-13-20(26)25-11-14(12-25)21(27)24-18-8-3-7-17-15(18)5-4-10-23-17/h1-10,14H,11-13H2,(H,24,27). The first kappa shape index (κ1) is 17.9. The Kier molecular flexibility index (Phi) is 4.89. The Balaban J connectivity index is 1.30. The van der Waals surface area contributed by atoms with Gasteiger partial charge in [-0.3, -0.25) is 14.6 Å². The number of para-hydroxylation sites is 1. The van der Waals surface area contributed by atoms with Crippen molar-refractivity contribution in [2.45, 2.75) is 0 Å². The predicted molar refractivity (Wildman–Crippen MR) is 102 cm³/mol. The molecule has 0 radical (unpaired) electrons. The lowest BCUT2D eigenvalue weighted by Crippen LogP contribution is -2.55. The molecule has 0 spiro atoms. The van der Waals surface area contributed by atoms with Gasteiger partial charge in [-0.05, 0) is 36.4 Å². The quantitative estimate of drug-likeness (QED) is 0.740. The van der Waals surface area contributed by atoms with Crippen LogP contribution in [0.3, 0.4) is 0 Å². The molecule has 1 fully saturated rings. The Hall–Kier alpha value is -3.48. The Morgan fingerprint density at radius 2 is 1.93 bits per heavy atom. The number of fused-ring (bicyclic) bond motifs is 1. The number of ether oxygens (including phenoxy) is 1. The highest BCUT2D eigenvalue weighted by Crippen LogP contribution is 2.24. The van der Waals surface area contributed by atoms with E-state index in [4.69, 9.17) is 4.74 Å². The summed E-state index contributed by atoms with van der Waals surface area (Å²) in [5.74, 6) is -1.18. The molecular weight excluding hydrogens is 361 g/mol. The molecule has 2 amide bonds. The van der Waals surface area contributed by atoms with Crippen molar-refractivity contribution in [3.63, 3.8) is 0 Å². The van der Waals surface area contributed by atoms with Gasteiger partial charge in [0.25, 0.3) is 5.91 Å². The van der Waals surface area contributed by atoms with Crippen molar-refractivity contribution in [2.75, 3.05) is 25.0 Å². The number of hydrogen-bond acceptors (Lipinski definition) is 4. The number of rotatable bonds is 5. The van der Waals surface area contributed by atoms with E-state index in [9.17, 15) is 14.0 Å². The molecule has 0 atom stereocenters. The molecule has 3 aromatic rings. The first-order chi connectivity index (χ1) is 13.6. The number of carbonyl (C=O) groups is 2. The lowest BCUT2D eigenvalue weighted by molar-refractivity contribution is -0.143. The van der Waals surface area contributed by atoms with Crippen LogP contribution in [0.4, 0.5) is 10.1 Å². The van der Waals surface area contributed by atoms with Gasteiger partial charge in [0, 0.05) is 24.7 Å². The van der Waals surface area contributed by atoms with E-state index >= 15 is 0 Å². The van der Waals surface area contributed by atoms with Crippen LogP contribution in [0.25, 0.3) is 10.9 Å². The van der Waals surface area contributed by atoms with Gasteiger partial charge in [0.2, 0.25) is 5.91 Å². The maximum absolute atomic E-state index is 13.5. The molecule has 0 saturated carbocycles. The molecule has 1 N–H and O–H groups in total. The molecule has 0 bridgehead atoms. The zero-order valence-electron chi connectivity index (χ0n) is 15.0. The molecule has 0 unspecified atom stereocenters. The van der Waals surface area contributed by atoms with Crippen LogP contribution in [0, 0.1) is 11.7 Å². The Morgan fingerprint density at radius 3 is 2.75 bits per heavy atom. The zero-order chi connectivity index (χ0) is 19.5. The van der Waals surface area contributed by atoms with Crippen molar-refractivity contribution in [2.24, 2.45) is 5.92 Å². The van der Waals surface area contributed by atoms with E-state index in [-0.39, 0.29) is 30.1 Å². The number of aromatic nitrogens is 1. The number of anilines is 1. The van der Waals surface area contributed by atoms with Gasteiger partial charge in [-0.2, -0.15) is 0 Å². The van der Waals surface area contributed by atoms with E-state index in [1.165, 1.54) is 17.0 Å². The average Bonchev–Trinajstić information content (AvgIpc) is 2.66. The summed E-state index contributed by atoms with van der Waals surface area (Å²) >= 11 is 0. The average molecular weight is 379 g/mol.